The zero-order chi connectivity index (χ0) is 19.6. The highest BCUT2D eigenvalue weighted by Gasteiger charge is 2.15. The monoisotopic (exact) mass is 400 g/mol. The molecule has 0 fully saturated rings. The topological polar surface area (TPSA) is 60.1 Å². The molecule has 1 amide bonds. The molecule has 0 saturated heterocycles. The fourth-order valence-electron chi connectivity index (χ4n) is 2.77. The van der Waals surface area contributed by atoms with Crippen molar-refractivity contribution >= 4 is 39.8 Å². The standard InChI is InChI=1S/C19H20N4O2S2/c1-4-9-23-17-16(27-19(23)26)18(25)22(12-20-17)11-15(24)21(3)10-14-8-6-5-7-13(14)2/h4-8,12H,1,9-11H2,2-3H3. The minimum atomic E-state index is -0.253. The van der Waals surface area contributed by atoms with Crippen LogP contribution >= 0.6 is 23.6 Å². The van der Waals surface area contributed by atoms with Gasteiger partial charge in [-0.1, -0.05) is 41.7 Å². The number of fused-ring (bicyclic) bond motifs is 1. The van der Waals surface area contributed by atoms with Gasteiger partial charge < -0.3 is 9.47 Å². The summed E-state index contributed by atoms with van der Waals surface area (Å²) >= 11 is 6.51. The summed E-state index contributed by atoms with van der Waals surface area (Å²) in [6.07, 6.45) is 3.12. The molecule has 8 heteroatoms. The highest BCUT2D eigenvalue weighted by atomic mass is 32.1. The number of aromatic nitrogens is 3. The van der Waals surface area contributed by atoms with E-state index in [4.69, 9.17) is 12.2 Å². The first-order valence-corrected chi connectivity index (χ1v) is 9.63. The molecule has 1 aromatic carbocycles. The van der Waals surface area contributed by atoms with Crippen molar-refractivity contribution < 1.29 is 4.79 Å². The third-order valence-electron chi connectivity index (χ3n) is 4.35. The van der Waals surface area contributed by atoms with Crippen molar-refractivity contribution in [2.75, 3.05) is 7.05 Å². The quantitative estimate of drug-likeness (QED) is 0.471. The molecular weight excluding hydrogens is 380 g/mol. The third kappa shape index (κ3) is 3.91. The van der Waals surface area contributed by atoms with Gasteiger partial charge in [0.15, 0.2) is 9.60 Å². The first kappa shape index (κ1) is 19.2. The van der Waals surface area contributed by atoms with Crippen molar-refractivity contribution in [1.29, 1.82) is 0 Å². The number of benzene rings is 1. The Bertz CT molecular complexity index is 1130. The first-order chi connectivity index (χ1) is 12.9. The number of carbonyl (C=O) groups excluding carboxylic acids is 1. The molecule has 27 heavy (non-hydrogen) atoms. The molecule has 2 aromatic heterocycles. The summed E-state index contributed by atoms with van der Waals surface area (Å²) in [5.41, 5.74) is 2.48. The van der Waals surface area contributed by atoms with E-state index in [1.54, 1.807) is 22.6 Å². The van der Waals surface area contributed by atoms with Gasteiger partial charge in [0.1, 0.15) is 17.6 Å². The Kier molecular flexibility index (Phi) is 5.67. The van der Waals surface area contributed by atoms with Crippen LogP contribution in [-0.4, -0.2) is 32.0 Å². The number of likely N-dealkylation sites (N-methyl/N-ethyl adjacent to an activating group) is 1. The van der Waals surface area contributed by atoms with E-state index in [-0.39, 0.29) is 18.0 Å². The summed E-state index contributed by atoms with van der Waals surface area (Å²) < 4.78 is 4.12. The van der Waals surface area contributed by atoms with Gasteiger partial charge in [-0.2, -0.15) is 0 Å². The first-order valence-electron chi connectivity index (χ1n) is 8.40. The molecule has 0 radical (unpaired) electrons. The van der Waals surface area contributed by atoms with Gasteiger partial charge in [-0.25, -0.2) is 4.98 Å². The summed E-state index contributed by atoms with van der Waals surface area (Å²) in [5.74, 6) is -0.157. The lowest BCUT2D eigenvalue weighted by Crippen LogP contribution is -2.33. The van der Waals surface area contributed by atoms with Crippen LogP contribution in [0.15, 0.2) is 48.0 Å². The molecule has 0 N–H and O–H groups in total. The fraction of sp³-hybridized carbons (Fsp3) is 0.263. The second kappa shape index (κ2) is 7.98. The van der Waals surface area contributed by atoms with E-state index < -0.39 is 0 Å². The summed E-state index contributed by atoms with van der Waals surface area (Å²) in [7, 11) is 1.73. The number of nitrogens with zero attached hydrogens (tertiary/aromatic N) is 4. The SMILES string of the molecule is C=CCn1c(=S)sc2c(=O)n(CC(=O)N(C)Cc3ccccc3C)cnc21. The summed E-state index contributed by atoms with van der Waals surface area (Å²) in [4.78, 5) is 31.3. The maximum atomic E-state index is 12.7. The van der Waals surface area contributed by atoms with Crippen molar-refractivity contribution in [2.24, 2.45) is 0 Å². The molecule has 2 heterocycles. The lowest BCUT2D eigenvalue weighted by Gasteiger charge is -2.19. The number of aryl methyl sites for hydroxylation is 1. The molecule has 6 nitrogen and oxygen atoms in total. The average Bonchev–Trinajstić information content (AvgIpc) is 2.96. The normalized spacial score (nSPS) is 10.9. The molecule has 0 aliphatic rings. The van der Waals surface area contributed by atoms with Crippen LogP contribution in [0.4, 0.5) is 0 Å². The third-order valence-corrected chi connectivity index (χ3v) is 5.78. The Hall–Kier alpha value is -2.58. The van der Waals surface area contributed by atoms with Crippen LogP contribution in [0.2, 0.25) is 0 Å². The van der Waals surface area contributed by atoms with E-state index >= 15 is 0 Å². The number of rotatable bonds is 6. The van der Waals surface area contributed by atoms with Gasteiger partial charge in [0.25, 0.3) is 5.56 Å². The molecule has 0 saturated carbocycles. The van der Waals surface area contributed by atoms with Gasteiger partial charge in [-0.3, -0.25) is 14.2 Å². The van der Waals surface area contributed by atoms with Crippen molar-refractivity contribution in [3.63, 3.8) is 0 Å². The zero-order valence-corrected chi connectivity index (χ0v) is 16.8. The molecule has 0 aliphatic heterocycles. The van der Waals surface area contributed by atoms with Gasteiger partial charge >= 0.3 is 0 Å². The van der Waals surface area contributed by atoms with Gasteiger partial charge in [0.05, 0.1) is 0 Å². The highest BCUT2D eigenvalue weighted by Crippen LogP contribution is 2.17. The van der Waals surface area contributed by atoms with Crippen molar-refractivity contribution in [3.05, 3.63) is 68.7 Å². The van der Waals surface area contributed by atoms with Crippen LogP contribution in [0, 0.1) is 10.9 Å². The Balaban J connectivity index is 1.84. The van der Waals surface area contributed by atoms with Crippen LogP contribution in [0.25, 0.3) is 10.3 Å². The summed E-state index contributed by atoms with van der Waals surface area (Å²) in [6.45, 7) is 6.64. The van der Waals surface area contributed by atoms with Crippen LogP contribution in [0.5, 0.6) is 0 Å². The Morgan fingerprint density at radius 1 is 1.41 bits per heavy atom. The van der Waals surface area contributed by atoms with Gasteiger partial charge in [-0.15, -0.1) is 6.58 Å². The molecule has 0 unspecified atom stereocenters. The predicted octanol–water partition coefficient (Wildman–Crippen LogP) is 3.14. The summed E-state index contributed by atoms with van der Waals surface area (Å²) in [5, 5.41) is 0. The maximum absolute atomic E-state index is 12.7. The lowest BCUT2D eigenvalue weighted by molar-refractivity contribution is -0.131. The van der Waals surface area contributed by atoms with E-state index in [1.807, 2.05) is 31.2 Å². The van der Waals surface area contributed by atoms with E-state index in [2.05, 4.69) is 11.6 Å². The maximum Gasteiger partial charge on any atom is 0.273 e. The minimum Gasteiger partial charge on any atom is -0.340 e. The lowest BCUT2D eigenvalue weighted by atomic mass is 10.1. The average molecular weight is 401 g/mol. The van der Waals surface area contributed by atoms with E-state index in [0.717, 1.165) is 11.1 Å². The second-order valence-electron chi connectivity index (χ2n) is 6.27. The molecule has 0 atom stereocenters. The number of hydrogen-bond acceptors (Lipinski definition) is 5. The van der Waals surface area contributed by atoms with Crippen molar-refractivity contribution in [1.82, 2.24) is 19.0 Å². The smallest absolute Gasteiger partial charge is 0.273 e. The fourth-order valence-corrected chi connectivity index (χ4v) is 4.09. The second-order valence-corrected chi connectivity index (χ2v) is 7.92. The van der Waals surface area contributed by atoms with Crippen LogP contribution in [0.3, 0.4) is 0 Å². The largest absolute Gasteiger partial charge is 0.340 e. The van der Waals surface area contributed by atoms with Crippen molar-refractivity contribution in [3.8, 4) is 0 Å². The van der Waals surface area contributed by atoms with Gasteiger partial charge in [0, 0.05) is 20.1 Å². The molecule has 3 aromatic rings. The van der Waals surface area contributed by atoms with Crippen LogP contribution < -0.4 is 5.56 Å². The Morgan fingerprint density at radius 3 is 2.85 bits per heavy atom. The molecule has 0 bridgehead atoms. The van der Waals surface area contributed by atoms with E-state index in [0.29, 0.717) is 27.4 Å². The van der Waals surface area contributed by atoms with Gasteiger partial charge in [0.2, 0.25) is 5.91 Å². The zero-order valence-electron chi connectivity index (χ0n) is 15.2. The molecule has 3 rings (SSSR count). The molecule has 0 spiro atoms. The number of allylic oxidation sites excluding steroid dienone is 1. The highest BCUT2D eigenvalue weighted by molar-refractivity contribution is 7.73. The molecule has 0 aliphatic carbocycles. The molecular formula is C19H20N4O2S2. The number of carbonyl (C=O) groups is 1. The number of hydrogen-bond donors (Lipinski definition) is 0. The van der Waals surface area contributed by atoms with Crippen LogP contribution in [-0.2, 0) is 24.4 Å². The summed E-state index contributed by atoms with van der Waals surface area (Å²) in [6, 6.07) is 7.92. The number of amides is 1. The number of thiazole rings is 1. The Labute approximate surface area is 166 Å². The van der Waals surface area contributed by atoms with Gasteiger partial charge in [-0.05, 0) is 30.3 Å². The van der Waals surface area contributed by atoms with Crippen LogP contribution in [0.1, 0.15) is 11.1 Å². The van der Waals surface area contributed by atoms with Crippen molar-refractivity contribution in [2.45, 2.75) is 26.6 Å². The van der Waals surface area contributed by atoms with E-state index in [9.17, 15) is 9.59 Å². The van der Waals surface area contributed by atoms with E-state index in [1.165, 1.54) is 22.2 Å². The molecule has 140 valence electrons. The minimum absolute atomic E-state index is 0.0593. The predicted molar refractivity (Wildman–Crippen MR) is 111 cm³/mol. The Morgan fingerprint density at radius 2 is 2.15 bits per heavy atom.